The van der Waals surface area contributed by atoms with Gasteiger partial charge in [0.2, 0.25) is 0 Å². The molecule has 1 heterocycles. The standard InChI is InChI=1S/C15H22N2O3/c1-3-20-15(18)12-5-4-6-13(16)14(12)17-10(2)11-7-8-19-9-11/h4-6,10-11,17H,3,7-9,16H2,1-2H3. The van der Waals surface area contributed by atoms with E-state index in [0.29, 0.717) is 29.5 Å². The van der Waals surface area contributed by atoms with Crippen molar-refractivity contribution in [2.45, 2.75) is 26.3 Å². The lowest BCUT2D eigenvalue weighted by Gasteiger charge is -2.23. The van der Waals surface area contributed by atoms with Crippen LogP contribution < -0.4 is 11.1 Å². The largest absolute Gasteiger partial charge is 0.462 e. The Bertz CT molecular complexity index is 470. The van der Waals surface area contributed by atoms with E-state index in [1.54, 1.807) is 25.1 Å². The molecule has 0 aliphatic carbocycles. The summed E-state index contributed by atoms with van der Waals surface area (Å²) in [5.74, 6) is 0.0850. The van der Waals surface area contributed by atoms with Crippen molar-refractivity contribution in [2.24, 2.45) is 5.92 Å². The van der Waals surface area contributed by atoms with E-state index in [1.165, 1.54) is 0 Å². The number of rotatable bonds is 5. The van der Waals surface area contributed by atoms with E-state index in [2.05, 4.69) is 12.2 Å². The van der Waals surface area contributed by atoms with Gasteiger partial charge in [-0.05, 0) is 32.4 Å². The van der Waals surface area contributed by atoms with E-state index in [1.807, 2.05) is 0 Å². The summed E-state index contributed by atoms with van der Waals surface area (Å²) in [5.41, 5.74) is 7.70. The predicted molar refractivity (Wildman–Crippen MR) is 78.8 cm³/mol. The Hall–Kier alpha value is -1.75. The zero-order valence-corrected chi connectivity index (χ0v) is 12.0. The minimum Gasteiger partial charge on any atom is -0.462 e. The molecule has 1 aliphatic heterocycles. The van der Waals surface area contributed by atoms with Crippen LogP contribution in [0.5, 0.6) is 0 Å². The van der Waals surface area contributed by atoms with Crippen molar-refractivity contribution in [2.75, 3.05) is 30.9 Å². The minimum absolute atomic E-state index is 0.190. The average molecular weight is 278 g/mol. The number of esters is 1. The molecule has 1 aromatic rings. The van der Waals surface area contributed by atoms with Crippen LogP contribution in [-0.2, 0) is 9.47 Å². The fraction of sp³-hybridized carbons (Fsp3) is 0.533. The zero-order valence-electron chi connectivity index (χ0n) is 12.0. The molecule has 5 heteroatoms. The quantitative estimate of drug-likeness (QED) is 0.638. The third-order valence-electron chi connectivity index (χ3n) is 3.64. The molecule has 0 spiro atoms. The molecule has 0 saturated carbocycles. The molecular weight excluding hydrogens is 256 g/mol. The summed E-state index contributed by atoms with van der Waals surface area (Å²) in [6.45, 7) is 5.76. The third-order valence-corrected chi connectivity index (χ3v) is 3.64. The normalized spacial score (nSPS) is 19.6. The molecular formula is C15H22N2O3. The fourth-order valence-electron chi connectivity index (χ4n) is 2.40. The second kappa shape index (κ2) is 6.61. The number of para-hydroxylation sites is 1. The maximum atomic E-state index is 12.0. The number of hydrogen-bond acceptors (Lipinski definition) is 5. The predicted octanol–water partition coefficient (Wildman–Crippen LogP) is 2.28. The number of nitrogen functional groups attached to an aromatic ring is 1. The van der Waals surface area contributed by atoms with Gasteiger partial charge in [0.1, 0.15) is 0 Å². The van der Waals surface area contributed by atoms with Gasteiger partial charge in [0.15, 0.2) is 0 Å². The first-order valence-corrected chi connectivity index (χ1v) is 7.03. The molecule has 20 heavy (non-hydrogen) atoms. The molecule has 110 valence electrons. The van der Waals surface area contributed by atoms with E-state index in [9.17, 15) is 4.79 Å². The van der Waals surface area contributed by atoms with Crippen LogP contribution >= 0.6 is 0 Å². The number of anilines is 2. The van der Waals surface area contributed by atoms with E-state index < -0.39 is 0 Å². The Morgan fingerprint density at radius 2 is 2.40 bits per heavy atom. The summed E-state index contributed by atoms with van der Waals surface area (Å²) >= 11 is 0. The number of nitrogens with two attached hydrogens (primary N) is 1. The van der Waals surface area contributed by atoms with Crippen molar-refractivity contribution < 1.29 is 14.3 Å². The van der Waals surface area contributed by atoms with Crippen LogP contribution in [0.15, 0.2) is 18.2 Å². The number of nitrogens with one attached hydrogen (secondary N) is 1. The minimum atomic E-state index is -0.350. The zero-order chi connectivity index (χ0) is 14.5. The lowest BCUT2D eigenvalue weighted by atomic mass is 9.99. The van der Waals surface area contributed by atoms with Gasteiger partial charge in [-0.15, -0.1) is 0 Å². The van der Waals surface area contributed by atoms with Crippen molar-refractivity contribution in [3.05, 3.63) is 23.8 Å². The van der Waals surface area contributed by atoms with Crippen LogP contribution in [-0.4, -0.2) is 31.8 Å². The second-order valence-electron chi connectivity index (χ2n) is 5.05. The highest BCUT2D eigenvalue weighted by Crippen LogP contribution is 2.28. The smallest absolute Gasteiger partial charge is 0.340 e. The Kier molecular flexibility index (Phi) is 4.84. The lowest BCUT2D eigenvalue weighted by molar-refractivity contribution is 0.0527. The average Bonchev–Trinajstić information content (AvgIpc) is 2.95. The highest BCUT2D eigenvalue weighted by Gasteiger charge is 2.24. The summed E-state index contributed by atoms with van der Waals surface area (Å²) in [5, 5.41) is 3.35. The maximum Gasteiger partial charge on any atom is 0.340 e. The molecule has 0 radical (unpaired) electrons. The number of ether oxygens (including phenoxy) is 2. The second-order valence-corrected chi connectivity index (χ2v) is 5.05. The molecule has 0 amide bonds. The van der Waals surface area contributed by atoms with Gasteiger partial charge in [-0.3, -0.25) is 0 Å². The van der Waals surface area contributed by atoms with Gasteiger partial charge >= 0.3 is 5.97 Å². The molecule has 0 aromatic heterocycles. The van der Waals surface area contributed by atoms with Crippen LogP contribution in [0.3, 0.4) is 0 Å². The van der Waals surface area contributed by atoms with Gasteiger partial charge in [-0.1, -0.05) is 6.07 Å². The molecule has 1 aromatic carbocycles. The summed E-state index contributed by atoms with van der Waals surface area (Å²) in [6.07, 6.45) is 1.02. The van der Waals surface area contributed by atoms with E-state index >= 15 is 0 Å². The first kappa shape index (κ1) is 14.7. The van der Waals surface area contributed by atoms with Gasteiger partial charge in [0, 0.05) is 18.6 Å². The monoisotopic (exact) mass is 278 g/mol. The third kappa shape index (κ3) is 3.22. The van der Waals surface area contributed by atoms with Crippen LogP contribution in [0.2, 0.25) is 0 Å². The first-order chi connectivity index (χ1) is 9.63. The van der Waals surface area contributed by atoms with E-state index in [0.717, 1.165) is 19.6 Å². The Balaban J connectivity index is 2.18. The maximum absolute atomic E-state index is 12.0. The van der Waals surface area contributed by atoms with Crippen molar-refractivity contribution >= 4 is 17.3 Å². The SMILES string of the molecule is CCOC(=O)c1cccc(N)c1NC(C)C1CCOC1. The molecule has 1 saturated heterocycles. The first-order valence-electron chi connectivity index (χ1n) is 7.03. The molecule has 0 bridgehead atoms. The van der Waals surface area contributed by atoms with Crippen molar-refractivity contribution in [3.8, 4) is 0 Å². The van der Waals surface area contributed by atoms with Gasteiger partial charge in [0.25, 0.3) is 0 Å². The Labute approximate surface area is 119 Å². The molecule has 2 rings (SSSR count). The van der Waals surface area contributed by atoms with Gasteiger partial charge in [-0.2, -0.15) is 0 Å². The Morgan fingerprint density at radius 3 is 3.05 bits per heavy atom. The summed E-state index contributed by atoms with van der Waals surface area (Å²) in [4.78, 5) is 12.0. The number of carbonyl (C=O) groups excluding carboxylic acids is 1. The van der Waals surface area contributed by atoms with Gasteiger partial charge in [0.05, 0.1) is 30.2 Å². The fourth-order valence-corrected chi connectivity index (χ4v) is 2.40. The summed E-state index contributed by atoms with van der Waals surface area (Å²) in [7, 11) is 0. The van der Waals surface area contributed by atoms with E-state index in [4.69, 9.17) is 15.2 Å². The molecule has 2 atom stereocenters. The van der Waals surface area contributed by atoms with Gasteiger partial charge < -0.3 is 20.5 Å². The highest BCUT2D eigenvalue weighted by atomic mass is 16.5. The molecule has 5 nitrogen and oxygen atoms in total. The van der Waals surface area contributed by atoms with Crippen LogP contribution in [0.1, 0.15) is 30.6 Å². The number of benzene rings is 1. The lowest BCUT2D eigenvalue weighted by Crippen LogP contribution is -2.27. The number of hydrogen-bond donors (Lipinski definition) is 2. The van der Waals surface area contributed by atoms with Gasteiger partial charge in [-0.25, -0.2) is 4.79 Å². The molecule has 2 unspecified atom stereocenters. The Morgan fingerprint density at radius 1 is 1.60 bits per heavy atom. The van der Waals surface area contributed by atoms with E-state index in [-0.39, 0.29) is 12.0 Å². The van der Waals surface area contributed by atoms with Crippen LogP contribution in [0.25, 0.3) is 0 Å². The summed E-state index contributed by atoms with van der Waals surface area (Å²) in [6, 6.07) is 5.46. The molecule has 3 N–H and O–H groups in total. The molecule has 1 fully saturated rings. The topological polar surface area (TPSA) is 73.6 Å². The van der Waals surface area contributed by atoms with Crippen LogP contribution in [0, 0.1) is 5.92 Å². The van der Waals surface area contributed by atoms with Crippen LogP contribution in [0.4, 0.5) is 11.4 Å². The van der Waals surface area contributed by atoms with Crippen molar-refractivity contribution in [1.29, 1.82) is 0 Å². The molecule has 1 aliphatic rings. The highest BCUT2D eigenvalue weighted by molar-refractivity contribution is 5.98. The van der Waals surface area contributed by atoms with Crippen molar-refractivity contribution in [3.63, 3.8) is 0 Å². The summed E-state index contributed by atoms with van der Waals surface area (Å²) < 4.78 is 10.5. The number of carbonyl (C=O) groups is 1. The van der Waals surface area contributed by atoms with Crippen molar-refractivity contribution in [1.82, 2.24) is 0 Å².